The fourth-order valence-electron chi connectivity index (χ4n) is 7.40. The maximum Gasteiger partial charge on any atom is 0.472 e. The summed E-state index contributed by atoms with van der Waals surface area (Å²) in [5.74, 6) is -1.53. The van der Waals surface area contributed by atoms with Gasteiger partial charge in [-0.2, -0.15) is 0 Å². The van der Waals surface area contributed by atoms with Gasteiger partial charge in [-0.25, -0.2) is 4.57 Å². The Morgan fingerprint density at radius 2 is 0.662 bits per heavy atom. The number of aliphatic hydroxyl groups excluding tert-OH is 1. The van der Waals surface area contributed by atoms with Crippen LogP contribution in [-0.2, 0) is 42.2 Å². The zero-order chi connectivity index (χ0) is 54.1. The number of carbonyl (C=O) groups is 3. The summed E-state index contributed by atoms with van der Waals surface area (Å²) in [4.78, 5) is 48.5. The Kier molecular flexibility index (Phi) is 52.5. The third kappa shape index (κ3) is 53.0. The van der Waals surface area contributed by atoms with Crippen molar-refractivity contribution in [2.24, 2.45) is 0 Å². The molecule has 0 radical (unpaired) electrons. The first kappa shape index (κ1) is 70.1. The van der Waals surface area contributed by atoms with Crippen LogP contribution >= 0.6 is 7.82 Å². The Morgan fingerprint density at radius 3 is 1.03 bits per heavy atom. The lowest BCUT2D eigenvalue weighted by Gasteiger charge is -2.21. The molecule has 0 aliphatic rings. The van der Waals surface area contributed by atoms with Crippen LogP contribution < -0.4 is 0 Å². The molecule has 2 N–H and O–H groups in total. The van der Waals surface area contributed by atoms with E-state index >= 15 is 0 Å². The SMILES string of the molecule is CC/C=C\C/C=C\C/C=C\CCCCCCCCCC(=O)OC(CO)COP(=O)(O)OCC(COC(=O)CCCCC/C=C\C/C=C\C/C=C\CC)OC(=O)CCCCCCCCC/C=C\C/C=C\C/C=C\CC. The van der Waals surface area contributed by atoms with Gasteiger partial charge in [-0.15, -0.1) is 0 Å². The molecule has 12 heteroatoms. The van der Waals surface area contributed by atoms with Crippen LogP contribution in [0.2, 0.25) is 0 Å². The molecule has 0 aromatic rings. The van der Waals surface area contributed by atoms with Crippen molar-refractivity contribution in [1.29, 1.82) is 0 Å². The summed E-state index contributed by atoms with van der Waals surface area (Å²) in [5.41, 5.74) is 0. The maximum absolute atomic E-state index is 12.9. The number of phosphoric ester groups is 1. The largest absolute Gasteiger partial charge is 0.472 e. The number of phosphoric acid groups is 1. The highest BCUT2D eigenvalue weighted by molar-refractivity contribution is 7.47. The quantitative estimate of drug-likeness (QED) is 0.0197. The second-order valence-electron chi connectivity index (χ2n) is 18.7. The van der Waals surface area contributed by atoms with E-state index in [-0.39, 0.29) is 25.9 Å². The van der Waals surface area contributed by atoms with Gasteiger partial charge in [-0.3, -0.25) is 23.4 Å². The maximum atomic E-state index is 12.9. The highest BCUT2D eigenvalue weighted by atomic mass is 31.2. The Morgan fingerprint density at radius 1 is 0.378 bits per heavy atom. The van der Waals surface area contributed by atoms with E-state index in [0.29, 0.717) is 19.3 Å². The lowest BCUT2D eigenvalue weighted by Crippen LogP contribution is -2.30. The van der Waals surface area contributed by atoms with Crippen molar-refractivity contribution in [3.8, 4) is 0 Å². The summed E-state index contributed by atoms with van der Waals surface area (Å²) in [6.45, 7) is 4.25. The van der Waals surface area contributed by atoms with Gasteiger partial charge in [0.25, 0.3) is 0 Å². The molecule has 3 atom stereocenters. The standard InChI is InChI=1S/C62H103O11P/c1-4-7-10-13-16-19-22-25-27-29-31-34-37-40-43-46-49-52-61(65)72-58(54-63)56-70-74(67,68)71-57-59(55-69-60(64)51-48-45-42-39-36-33-24-21-18-15-12-9-6-3)73-62(66)53-50-47-44-41-38-35-32-30-28-26-23-20-17-14-11-8-5-2/h7-12,16-21,25-28,33,36,58-59,63H,4-6,13-15,22-24,29-32,34-35,37-57H2,1-3H3,(H,67,68)/b10-7-,11-8-,12-9-,19-16-,20-17-,21-18-,27-25-,28-26-,36-33-. The summed E-state index contributed by atoms with van der Waals surface area (Å²) in [6.07, 6.45) is 66.2. The highest BCUT2D eigenvalue weighted by Crippen LogP contribution is 2.43. The van der Waals surface area contributed by atoms with Crippen LogP contribution in [0.25, 0.3) is 0 Å². The highest BCUT2D eigenvalue weighted by Gasteiger charge is 2.28. The first-order valence-corrected chi connectivity index (χ1v) is 30.3. The van der Waals surface area contributed by atoms with Crippen molar-refractivity contribution in [2.45, 2.75) is 238 Å². The van der Waals surface area contributed by atoms with Crippen molar-refractivity contribution in [3.63, 3.8) is 0 Å². The number of rotatable bonds is 52. The lowest BCUT2D eigenvalue weighted by atomic mass is 10.1. The second-order valence-corrected chi connectivity index (χ2v) is 20.1. The van der Waals surface area contributed by atoms with Crippen molar-refractivity contribution in [2.75, 3.05) is 26.4 Å². The predicted molar refractivity (Wildman–Crippen MR) is 307 cm³/mol. The van der Waals surface area contributed by atoms with Crippen molar-refractivity contribution in [1.82, 2.24) is 0 Å². The van der Waals surface area contributed by atoms with Gasteiger partial charge in [0.15, 0.2) is 6.10 Å². The number of esters is 3. The Hall–Kier alpha value is -3.86. The summed E-state index contributed by atoms with van der Waals surface area (Å²) >= 11 is 0. The molecule has 0 fully saturated rings. The molecule has 74 heavy (non-hydrogen) atoms. The number of hydrogen-bond donors (Lipinski definition) is 2. The van der Waals surface area contributed by atoms with E-state index in [1.54, 1.807) is 0 Å². The Balaban J connectivity index is 4.75. The molecular weight excluding hydrogens is 952 g/mol. The van der Waals surface area contributed by atoms with Crippen LogP contribution in [0, 0.1) is 0 Å². The topological polar surface area (TPSA) is 155 Å². The molecule has 0 bridgehead atoms. The first-order chi connectivity index (χ1) is 36.2. The minimum Gasteiger partial charge on any atom is -0.462 e. The number of allylic oxidation sites excluding steroid dienone is 18. The van der Waals surface area contributed by atoms with Gasteiger partial charge < -0.3 is 24.2 Å². The molecule has 0 saturated heterocycles. The number of hydrogen-bond acceptors (Lipinski definition) is 10. The smallest absolute Gasteiger partial charge is 0.462 e. The van der Waals surface area contributed by atoms with E-state index in [2.05, 4.69) is 130 Å². The third-order valence-electron chi connectivity index (χ3n) is 11.7. The van der Waals surface area contributed by atoms with E-state index < -0.39 is 57.8 Å². The van der Waals surface area contributed by atoms with Gasteiger partial charge in [0, 0.05) is 19.3 Å². The number of unbranched alkanes of at least 4 members (excludes halogenated alkanes) is 17. The zero-order valence-electron chi connectivity index (χ0n) is 46.5. The first-order valence-electron chi connectivity index (χ1n) is 28.8. The normalized spacial score (nSPS) is 14.2. The number of ether oxygens (including phenoxy) is 3. The van der Waals surface area contributed by atoms with Crippen LogP contribution in [-0.4, -0.2) is 66.5 Å². The molecule has 3 unspecified atom stereocenters. The van der Waals surface area contributed by atoms with E-state index in [4.69, 9.17) is 23.3 Å². The monoisotopic (exact) mass is 1050 g/mol. The summed E-state index contributed by atoms with van der Waals surface area (Å²) in [7, 11) is -4.77. The molecule has 422 valence electrons. The van der Waals surface area contributed by atoms with Crippen molar-refractivity contribution >= 4 is 25.7 Å². The van der Waals surface area contributed by atoms with Gasteiger partial charge in [0.05, 0.1) is 19.8 Å². The van der Waals surface area contributed by atoms with Gasteiger partial charge >= 0.3 is 25.7 Å². The van der Waals surface area contributed by atoms with Crippen LogP contribution in [0.4, 0.5) is 0 Å². The number of carbonyl (C=O) groups excluding carboxylic acids is 3. The molecule has 0 aliphatic heterocycles. The molecule has 0 aromatic heterocycles. The molecule has 11 nitrogen and oxygen atoms in total. The third-order valence-corrected chi connectivity index (χ3v) is 12.6. The van der Waals surface area contributed by atoms with Crippen LogP contribution in [0.15, 0.2) is 109 Å². The summed E-state index contributed by atoms with van der Waals surface area (Å²) in [6, 6.07) is 0. The summed E-state index contributed by atoms with van der Waals surface area (Å²) in [5, 5.41) is 9.82. The molecule has 0 saturated carbocycles. The summed E-state index contributed by atoms with van der Waals surface area (Å²) < 4.78 is 39.5. The van der Waals surface area contributed by atoms with E-state index in [1.165, 1.54) is 19.3 Å². The second kappa shape index (κ2) is 55.4. The van der Waals surface area contributed by atoms with Crippen LogP contribution in [0.3, 0.4) is 0 Å². The lowest BCUT2D eigenvalue weighted by molar-refractivity contribution is -0.161. The fraction of sp³-hybridized carbons (Fsp3) is 0.661. The van der Waals surface area contributed by atoms with E-state index in [1.807, 2.05) is 0 Å². The molecular formula is C62H103O11P. The molecule has 0 rings (SSSR count). The Labute approximate surface area is 450 Å². The predicted octanol–water partition coefficient (Wildman–Crippen LogP) is 17.0. The van der Waals surface area contributed by atoms with Gasteiger partial charge in [0.1, 0.15) is 12.7 Å². The minimum atomic E-state index is -4.77. The molecule has 0 spiro atoms. The van der Waals surface area contributed by atoms with Crippen molar-refractivity contribution in [3.05, 3.63) is 109 Å². The van der Waals surface area contributed by atoms with Crippen LogP contribution in [0.1, 0.15) is 226 Å². The molecule has 0 amide bonds. The van der Waals surface area contributed by atoms with E-state index in [9.17, 15) is 28.9 Å². The van der Waals surface area contributed by atoms with Gasteiger partial charge in [0.2, 0.25) is 0 Å². The fourth-order valence-corrected chi connectivity index (χ4v) is 8.18. The van der Waals surface area contributed by atoms with Gasteiger partial charge in [-0.05, 0) is 116 Å². The zero-order valence-corrected chi connectivity index (χ0v) is 47.4. The average Bonchev–Trinajstić information content (AvgIpc) is 3.39. The molecule has 0 heterocycles. The van der Waals surface area contributed by atoms with Crippen molar-refractivity contribution < 1.29 is 52.2 Å². The van der Waals surface area contributed by atoms with E-state index in [0.717, 1.165) is 148 Å². The average molecular weight is 1060 g/mol. The van der Waals surface area contributed by atoms with Gasteiger partial charge in [-0.1, -0.05) is 201 Å². The number of aliphatic hydroxyl groups is 1. The minimum absolute atomic E-state index is 0.144. The molecule has 0 aliphatic carbocycles. The Bertz CT molecular complexity index is 1660. The molecule has 0 aromatic carbocycles. The van der Waals surface area contributed by atoms with Crippen LogP contribution in [0.5, 0.6) is 0 Å².